The highest BCUT2D eigenvalue weighted by atomic mass is 16.5. The van der Waals surface area contributed by atoms with Crippen molar-refractivity contribution in [1.82, 2.24) is 0 Å². The average Bonchev–Trinajstić information content (AvgIpc) is 2.46. The Morgan fingerprint density at radius 2 is 1.70 bits per heavy atom. The fourth-order valence-electron chi connectivity index (χ4n) is 1.98. The molecule has 0 spiro atoms. The number of hydrogen-bond acceptors (Lipinski definition) is 4. The minimum Gasteiger partial charge on any atom is -0.380 e. The van der Waals surface area contributed by atoms with Crippen LogP contribution in [0.15, 0.2) is 18.2 Å². The van der Waals surface area contributed by atoms with Gasteiger partial charge in [-0.05, 0) is 44.5 Å². The molecule has 0 heterocycles. The zero-order valence-electron chi connectivity index (χ0n) is 12.7. The van der Waals surface area contributed by atoms with E-state index in [1.165, 1.54) is 0 Å². The van der Waals surface area contributed by atoms with E-state index in [-0.39, 0.29) is 0 Å². The lowest BCUT2D eigenvalue weighted by atomic mass is 10.1. The fourth-order valence-corrected chi connectivity index (χ4v) is 1.98. The van der Waals surface area contributed by atoms with Crippen LogP contribution in [-0.2, 0) is 9.47 Å². The van der Waals surface area contributed by atoms with Gasteiger partial charge in [0.05, 0.1) is 24.8 Å². The van der Waals surface area contributed by atoms with E-state index in [4.69, 9.17) is 14.7 Å². The van der Waals surface area contributed by atoms with Crippen molar-refractivity contribution in [3.05, 3.63) is 29.3 Å². The van der Waals surface area contributed by atoms with Gasteiger partial charge >= 0.3 is 0 Å². The molecular formula is C16H24N2O2. The van der Waals surface area contributed by atoms with Crippen LogP contribution in [0.4, 0.5) is 5.69 Å². The SMILES string of the molecule is CCOCCN(CCOCC)c1ccc(C#N)c(C)c1. The molecule has 0 radical (unpaired) electrons. The lowest BCUT2D eigenvalue weighted by molar-refractivity contribution is 0.141. The Morgan fingerprint density at radius 3 is 2.15 bits per heavy atom. The van der Waals surface area contributed by atoms with Crippen LogP contribution in [0.2, 0.25) is 0 Å². The van der Waals surface area contributed by atoms with Gasteiger partial charge in [0.1, 0.15) is 0 Å². The second kappa shape index (κ2) is 9.35. The molecule has 0 saturated heterocycles. The van der Waals surface area contributed by atoms with E-state index < -0.39 is 0 Å². The molecule has 1 aromatic rings. The summed E-state index contributed by atoms with van der Waals surface area (Å²) in [7, 11) is 0. The van der Waals surface area contributed by atoms with E-state index in [1.54, 1.807) is 0 Å². The first-order chi connectivity index (χ1) is 9.72. The zero-order valence-corrected chi connectivity index (χ0v) is 12.7. The topological polar surface area (TPSA) is 45.5 Å². The number of ether oxygens (including phenoxy) is 2. The molecule has 0 saturated carbocycles. The second-order valence-electron chi connectivity index (χ2n) is 4.49. The highest BCUT2D eigenvalue weighted by molar-refractivity contribution is 5.53. The standard InChI is InChI=1S/C16H24N2O2/c1-4-19-10-8-18(9-11-20-5-2)16-7-6-15(13-17)14(3)12-16/h6-7,12H,4-5,8-11H2,1-3H3. The first-order valence-electron chi connectivity index (χ1n) is 7.14. The van der Waals surface area contributed by atoms with Crippen molar-refractivity contribution in [2.45, 2.75) is 20.8 Å². The number of rotatable bonds is 9. The van der Waals surface area contributed by atoms with Crippen molar-refractivity contribution in [2.24, 2.45) is 0 Å². The van der Waals surface area contributed by atoms with Crippen LogP contribution in [-0.4, -0.2) is 39.5 Å². The molecule has 0 aromatic heterocycles. The Balaban J connectivity index is 2.74. The van der Waals surface area contributed by atoms with Crippen LogP contribution in [0.5, 0.6) is 0 Å². The van der Waals surface area contributed by atoms with Crippen molar-refractivity contribution >= 4 is 5.69 Å². The molecule has 4 heteroatoms. The zero-order chi connectivity index (χ0) is 14.8. The van der Waals surface area contributed by atoms with Crippen molar-refractivity contribution in [3.63, 3.8) is 0 Å². The summed E-state index contributed by atoms with van der Waals surface area (Å²) in [6.07, 6.45) is 0. The molecule has 0 aliphatic rings. The number of hydrogen-bond donors (Lipinski definition) is 0. The smallest absolute Gasteiger partial charge is 0.0994 e. The highest BCUT2D eigenvalue weighted by Gasteiger charge is 2.08. The Bertz CT molecular complexity index is 431. The maximum Gasteiger partial charge on any atom is 0.0994 e. The lowest BCUT2D eigenvalue weighted by Gasteiger charge is -2.25. The Hall–Kier alpha value is -1.57. The van der Waals surface area contributed by atoms with E-state index >= 15 is 0 Å². The number of anilines is 1. The van der Waals surface area contributed by atoms with Gasteiger partial charge in [-0.3, -0.25) is 0 Å². The molecule has 1 aromatic carbocycles. The van der Waals surface area contributed by atoms with Gasteiger partial charge < -0.3 is 14.4 Å². The maximum atomic E-state index is 8.99. The molecule has 0 amide bonds. The number of aryl methyl sites for hydroxylation is 1. The number of nitrogens with zero attached hydrogens (tertiary/aromatic N) is 2. The summed E-state index contributed by atoms with van der Waals surface area (Å²) in [4.78, 5) is 2.24. The van der Waals surface area contributed by atoms with Crippen molar-refractivity contribution in [3.8, 4) is 6.07 Å². The van der Waals surface area contributed by atoms with Gasteiger partial charge in [-0.1, -0.05) is 0 Å². The summed E-state index contributed by atoms with van der Waals surface area (Å²) < 4.78 is 10.9. The Morgan fingerprint density at radius 1 is 1.10 bits per heavy atom. The van der Waals surface area contributed by atoms with Gasteiger partial charge in [0.15, 0.2) is 0 Å². The first kappa shape index (κ1) is 16.5. The largest absolute Gasteiger partial charge is 0.380 e. The van der Waals surface area contributed by atoms with Gasteiger partial charge in [0.2, 0.25) is 0 Å². The quantitative estimate of drug-likeness (QED) is 0.651. The van der Waals surface area contributed by atoms with E-state index in [0.29, 0.717) is 13.2 Å². The predicted molar refractivity (Wildman–Crippen MR) is 81.1 cm³/mol. The van der Waals surface area contributed by atoms with Gasteiger partial charge in [-0.2, -0.15) is 5.26 Å². The van der Waals surface area contributed by atoms with Gasteiger partial charge in [-0.25, -0.2) is 0 Å². The van der Waals surface area contributed by atoms with Crippen LogP contribution in [0.3, 0.4) is 0 Å². The molecule has 0 atom stereocenters. The molecule has 1 rings (SSSR count). The summed E-state index contributed by atoms with van der Waals surface area (Å²) >= 11 is 0. The molecule has 20 heavy (non-hydrogen) atoms. The van der Waals surface area contributed by atoms with Crippen LogP contribution < -0.4 is 4.90 Å². The highest BCUT2D eigenvalue weighted by Crippen LogP contribution is 2.18. The molecule has 0 fully saturated rings. The third kappa shape index (κ3) is 5.20. The third-order valence-corrected chi connectivity index (χ3v) is 3.11. The van der Waals surface area contributed by atoms with Crippen molar-refractivity contribution in [1.29, 1.82) is 5.26 Å². The van der Waals surface area contributed by atoms with Gasteiger partial charge in [0, 0.05) is 32.0 Å². The minimum absolute atomic E-state index is 0.696. The molecule has 0 aliphatic heterocycles. The van der Waals surface area contributed by atoms with Crippen molar-refractivity contribution < 1.29 is 9.47 Å². The van der Waals surface area contributed by atoms with Crippen LogP contribution in [0, 0.1) is 18.3 Å². The average molecular weight is 276 g/mol. The first-order valence-corrected chi connectivity index (χ1v) is 7.14. The molecule has 0 bridgehead atoms. The van der Waals surface area contributed by atoms with E-state index in [1.807, 2.05) is 32.9 Å². The summed E-state index contributed by atoms with van der Waals surface area (Å²) in [5.74, 6) is 0. The normalized spacial score (nSPS) is 10.3. The molecular weight excluding hydrogens is 252 g/mol. The van der Waals surface area contributed by atoms with Crippen LogP contribution >= 0.6 is 0 Å². The van der Waals surface area contributed by atoms with E-state index in [0.717, 1.165) is 43.1 Å². The van der Waals surface area contributed by atoms with Crippen LogP contribution in [0.1, 0.15) is 25.0 Å². The molecule has 110 valence electrons. The van der Waals surface area contributed by atoms with Crippen LogP contribution in [0.25, 0.3) is 0 Å². The van der Waals surface area contributed by atoms with Crippen molar-refractivity contribution in [2.75, 3.05) is 44.4 Å². The van der Waals surface area contributed by atoms with E-state index in [2.05, 4.69) is 17.0 Å². The lowest BCUT2D eigenvalue weighted by Crippen LogP contribution is -2.31. The summed E-state index contributed by atoms with van der Waals surface area (Å²) in [6, 6.07) is 8.11. The fraction of sp³-hybridized carbons (Fsp3) is 0.562. The van der Waals surface area contributed by atoms with E-state index in [9.17, 15) is 0 Å². The Kier molecular flexibility index (Phi) is 7.71. The molecule has 0 aliphatic carbocycles. The number of benzene rings is 1. The summed E-state index contributed by atoms with van der Waals surface area (Å²) in [5, 5.41) is 8.99. The van der Waals surface area contributed by atoms with Gasteiger partial charge in [0.25, 0.3) is 0 Å². The molecule has 0 unspecified atom stereocenters. The minimum atomic E-state index is 0.696. The number of nitriles is 1. The predicted octanol–water partition coefficient (Wildman–Crippen LogP) is 2.75. The monoisotopic (exact) mass is 276 g/mol. The second-order valence-corrected chi connectivity index (χ2v) is 4.49. The molecule has 4 nitrogen and oxygen atoms in total. The Labute approximate surface area is 121 Å². The molecule has 0 N–H and O–H groups in total. The van der Waals surface area contributed by atoms with Gasteiger partial charge in [-0.15, -0.1) is 0 Å². The summed E-state index contributed by atoms with van der Waals surface area (Å²) in [6.45, 7) is 10.5. The summed E-state index contributed by atoms with van der Waals surface area (Å²) in [5.41, 5.74) is 2.84. The third-order valence-electron chi connectivity index (χ3n) is 3.11. The maximum absolute atomic E-state index is 8.99.